The first-order valence-corrected chi connectivity index (χ1v) is 10.0. The summed E-state index contributed by atoms with van der Waals surface area (Å²) in [5.74, 6) is 2.36. The highest BCUT2D eigenvalue weighted by Gasteiger charge is 2.27. The summed E-state index contributed by atoms with van der Waals surface area (Å²) in [7, 11) is 1.49. The largest absolute Gasteiger partial charge is 0.469 e. The average Bonchev–Trinajstić information content (AvgIpc) is 2.67. The van der Waals surface area contributed by atoms with Crippen LogP contribution in [0.3, 0.4) is 0 Å². The number of ether oxygens (including phenoxy) is 1. The summed E-state index contributed by atoms with van der Waals surface area (Å²) in [6.45, 7) is 2.37. The molecule has 0 bridgehead atoms. The molecule has 2 aliphatic rings. The van der Waals surface area contributed by atoms with Crippen LogP contribution in [-0.4, -0.2) is 13.1 Å². The van der Waals surface area contributed by atoms with Crippen LogP contribution in [-0.2, 0) is 9.53 Å². The highest BCUT2D eigenvalue weighted by Crippen LogP contribution is 2.36. The molecule has 0 atom stereocenters. The fourth-order valence-corrected chi connectivity index (χ4v) is 4.43. The van der Waals surface area contributed by atoms with Gasteiger partial charge in [0.25, 0.3) is 0 Å². The van der Waals surface area contributed by atoms with Crippen LogP contribution >= 0.6 is 0 Å². The van der Waals surface area contributed by atoms with E-state index in [4.69, 9.17) is 4.74 Å². The lowest BCUT2D eigenvalue weighted by atomic mass is 9.78. The van der Waals surface area contributed by atoms with E-state index >= 15 is 0 Å². The molecule has 0 radical (unpaired) electrons. The zero-order chi connectivity index (χ0) is 17.6. The Balaban J connectivity index is 1.51. The Morgan fingerprint density at radius 1 is 0.960 bits per heavy atom. The van der Waals surface area contributed by atoms with E-state index in [9.17, 15) is 4.79 Å². The third-order valence-electron chi connectivity index (χ3n) is 6.29. The van der Waals surface area contributed by atoms with Crippen molar-refractivity contribution in [1.82, 2.24) is 0 Å². The predicted molar refractivity (Wildman–Crippen MR) is 103 cm³/mol. The van der Waals surface area contributed by atoms with Crippen molar-refractivity contribution in [2.45, 2.75) is 64.2 Å². The summed E-state index contributed by atoms with van der Waals surface area (Å²) in [5, 5.41) is 0. The highest BCUT2D eigenvalue weighted by molar-refractivity contribution is 5.72. The van der Waals surface area contributed by atoms with Gasteiger partial charge in [-0.05, 0) is 67.4 Å². The van der Waals surface area contributed by atoms with Crippen molar-refractivity contribution in [2.75, 3.05) is 7.11 Å². The summed E-state index contributed by atoms with van der Waals surface area (Å²) < 4.78 is 4.88. The lowest BCUT2D eigenvalue weighted by Gasteiger charge is -2.27. The van der Waals surface area contributed by atoms with Gasteiger partial charge in [-0.1, -0.05) is 56.2 Å². The van der Waals surface area contributed by atoms with E-state index in [0.29, 0.717) is 5.92 Å². The molecular formula is C23H32O2. The molecule has 25 heavy (non-hydrogen) atoms. The Labute approximate surface area is 152 Å². The molecule has 1 aromatic carbocycles. The lowest BCUT2D eigenvalue weighted by molar-refractivity contribution is -0.146. The van der Waals surface area contributed by atoms with Crippen LogP contribution in [0.2, 0.25) is 0 Å². The van der Waals surface area contributed by atoms with Crippen molar-refractivity contribution in [2.24, 2.45) is 17.8 Å². The van der Waals surface area contributed by atoms with Gasteiger partial charge in [-0.25, -0.2) is 0 Å². The fourth-order valence-electron chi connectivity index (χ4n) is 4.43. The van der Waals surface area contributed by atoms with Gasteiger partial charge in [0.15, 0.2) is 0 Å². The maximum Gasteiger partial charge on any atom is 0.308 e. The minimum atomic E-state index is -0.0314. The second-order valence-electron chi connectivity index (χ2n) is 8.12. The number of methoxy groups -OCH3 is 1. The molecule has 0 saturated heterocycles. The third kappa shape index (κ3) is 4.96. The topological polar surface area (TPSA) is 26.3 Å². The standard InChI is InChI=1S/C23H32O2/c1-17-3-5-18(6-4-17)7-8-19-9-11-20(12-10-19)21-13-15-22(16-14-21)23(24)25-2/h7-12,17-18,21-22H,3-6,13-16H2,1-2H3. The molecule has 2 aliphatic carbocycles. The molecule has 0 amide bonds. The van der Waals surface area contributed by atoms with E-state index in [1.165, 1.54) is 43.9 Å². The van der Waals surface area contributed by atoms with Gasteiger partial charge in [0, 0.05) is 0 Å². The minimum absolute atomic E-state index is 0.0314. The van der Waals surface area contributed by atoms with Gasteiger partial charge in [-0.15, -0.1) is 0 Å². The summed E-state index contributed by atoms with van der Waals surface area (Å²) in [6.07, 6.45) is 14.3. The normalized spacial score (nSPS) is 30.3. The van der Waals surface area contributed by atoms with E-state index < -0.39 is 0 Å². The Kier molecular flexibility index (Phi) is 6.34. The van der Waals surface area contributed by atoms with Gasteiger partial charge < -0.3 is 4.74 Å². The van der Waals surface area contributed by atoms with E-state index in [1.54, 1.807) is 0 Å². The Hall–Kier alpha value is -1.57. The second kappa shape index (κ2) is 8.69. The molecule has 0 spiro atoms. The maximum atomic E-state index is 11.6. The smallest absolute Gasteiger partial charge is 0.308 e. The first kappa shape index (κ1) is 18.2. The van der Waals surface area contributed by atoms with Crippen LogP contribution in [0.1, 0.15) is 75.3 Å². The van der Waals surface area contributed by atoms with Crippen LogP contribution in [0.25, 0.3) is 6.08 Å². The van der Waals surface area contributed by atoms with Gasteiger partial charge in [0.1, 0.15) is 0 Å². The van der Waals surface area contributed by atoms with Crippen LogP contribution in [0.5, 0.6) is 0 Å². The van der Waals surface area contributed by atoms with E-state index in [1.807, 2.05) is 0 Å². The van der Waals surface area contributed by atoms with Gasteiger partial charge >= 0.3 is 5.97 Å². The molecule has 0 heterocycles. The number of allylic oxidation sites excluding steroid dienone is 1. The molecule has 2 nitrogen and oxygen atoms in total. The lowest BCUT2D eigenvalue weighted by Crippen LogP contribution is -2.22. The predicted octanol–water partition coefficient (Wildman–Crippen LogP) is 5.97. The summed E-state index contributed by atoms with van der Waals surface area (Å²) in [6, 6.07) is 9.07. The zero-order valence-electron chi connectivity index (χ0n) is 15.7. The molecule has 0 aromatic heterocycles. The van der Waals surface area contributed by atoms with Crippen LogP contribution in [0, 0.1) is 17.8 Å². The van der Waals surface area contributed by atoms with Crippen LogP contribution < -0.4 is 0 Å². The van der Waals surface area contributed by atoms with Gasteiger partial charge in [-0.3, -0.25) is 4.79 Å². The molecule has 2 fully saturated rings. The molecule has 2 heteroatoms. The molecule has 0 N–H and O–H groups in total. The number of carbonyl (C=O) groups is 1. The maximum absolute atomic E-state index is 11.6. The number of benzene rings is 1. The van der Waals surface area contributed by atoms with Crippen molar-refractivity contribution < 1.29 is 9.53 Å². The molecular weight excluding hydrogens is 308 g/mol. The van der Waals surface area contributed by atoms with Crippen molar-refractivity contribution >= 4 is 12.0 Å². The fraction of sp³-hybridized carbons (Fsp3) is 0.609. The average molecular weight is 341 g/mol. The number of esters is 1. The molecule has 1 aromatic rings. The van der Waals surface area contributed by atoms with Gasteiger partial charge in [-0.2, -0.15) is 0 Å². The molecule has 0 aliphatic heterocycles. The Bertz CT molecular complexity index is 571. The van der Waals surface area contributed by atoms with E-state index in [0.717, 1.165) is 37.5 Å². The quantitative estimate of drug-likeness (QED) is 0.631. The van der Waals surface area contributed by atoms with Crippen LogP contribution in [0.15, 0.2) is 30.3 Å². The molecule has 136 valence electrons. The summed E-state index contributed by atoms with van der Waals surface area (Å²) in [5.41, 5.74) is 2.73. The summed E-state index contributed by atoms with van der Waals surface area (Å²) in [4.78, 5) is 11.6. The van der Waals surface area contributed by atoms with Crippen LogP contribution in [0.4, 0.5) is 0 Å². The molecule has 2 saturated carbocycles. The van der Waals surface area contributed by atoms with Crippen molar-refractivity contribution in [3.63, 3.8) is 0 Å². The van der Waals surface area contributed by atoms with Gasteiger partial charge in [0.2, 0.25) is 0 Å². The monoisotopic (exact) mass is 340 g/mol. The number of rotatable bonds is 4. The number of carbonyl (C=O) groups excluding carboxylic acids is 1. The first-order chi connectivity index (χ1) is 12.2. The minimum Gasteiger partial charge on any atom is -0.469 e. The number of hydrogen-bond donors (Lipinski definition) is 0. The highest BCUT2D eigenvalue weighted by atomic mass is 16.5. The van der Waals surface area contributed by atoms with E-state index in [2.05, 4.69) is 43.3 Å². The van der Waals surface area contributed by atoms with Crippen molar-refractivity contribution in [3.05, 3.63) is 41.5 Å². The SMILES string of the molecule is COC(=O)C1CCC(c2ccc(C=CC3CCC(C)CC3)cc2)CC1. The molecule has 0 unspecified atom stereocenters. The van der Waals surface area contributed by atoms with Gasteiger partial charge in [0.05, 0.1) is 13.0 Å². The molecule has 3 rings (SSSR count). The van der Waals surface area contributed by atoms with Crippen molar-refractivity contribution in [1.29, 1.82) is 0 Å². The Morgan fingerprint density at radius 2 is 1.60 bits per heavy atom. The number of hydrogen-bond acceptors (Lipinski definition) is 2. The summed E-state index contributed by atoms with van der Waals surface area (Å²) >= 11 is 0. The first-order valence-electron chi connectivity index (χ1n) is 10.0. The van der Waals surface area contributed by atoms with Crippen molar-refractivity contribution in [3.8, 4) is 0 Å². The third-order valence-corrected chi connectivity index (χ3v) is 6.29. The zero-order valence-corrected chi connectivity index (χ0v) is 15.7. The second-order valence-corrected chi connectivity index (χ2v) is 8.12. The van der Waals surface area contributed by atoms with E-state index in [-0.39, 0.29) is 11.9 Å². The Morgan fingerprint density at radius 3 is 2.20 bits per heavy atom.